The molecule has 1 nitrogen and oxygen atoms in total. The van der Waals surface area contributed by atoms with E-state index in [0.29, 0.717) is 0 Å². The Labute approximate surface area is 75.1 Å². The van der Waals surface area contributed by atoms with Crippen molar-refractivity contribution < 1.29 is 0 Å². The highest BCUT2D eigenvalue weighted by molar-refractivity contribution is 5.01. The predicted octanol–water partition coefficient (Wildman–Crippen LogP) is 2.27. The summed E-state index contributed by atoms with van der Waals surface area (Å²) >= 11 is 0. The Morgan fingerprint density at radius 3 is 3.00 bits per heavy atom. The number of hydrogen-bond donors (Lipinski definition) is 0. The molecule has 3 rings (SSSR count). The van der Waals surface area contributed by atoms with Crippen molar-refractivity contribution in [2.24, 2.45) is 11.8 Å². The zero-order valence-corrected chi connectivity index (χ0v) is 8.00. The van der Waals surface area contributed by atoms with Gasteiger partial charge in [-0.05, 0) is 50.5 Å². The molecule has 2 saturated heterocycles. The van der Waals surface area contributed by atoms with Gasteiger partial charge in [0.15, 0.2) is 0 Å². The lowest BCUT2D eigenvalue weighted by Crippen LogP contribution is -2.31. The first-order chi connectivity index (χ1) is 5.84. The van der Waals surface area contributed by atoms with Gasteiger partial charge in [0.1, 0.15) is 0 Å². The van der Waals surface area contributed by atoms with E-state index in [1.165, 1.54) is 38.6 Å². The van der Waals surface area contributed by atoms with Crippen molar-refractivity contribution in [2.75, 3.05) is 6.54 Å². The second-order valence-electron chi connectivity index (χ2n) is 5.17. The minimum atomic E-state index is 1.01. The molecule has 12 heavy (non-hydrogen) atoms. The quantitative estimate of drug-likeness (QED) is 0.532. The molecule has 0 aromatic carbocycles. The minimum Gasteiger partial charge on any atom is -0.297 e. The summed E-state index contributed by atoms with van der Waals surface area (Å²) in [5, 5.41) is 0. The average Bonchev–Trinajstić information content (AvgIpc) is 2.59. The zero-order chi connectivity index (χ0) is 8.13. The van der Waals surface area contributed by atoms with E-state index in [9.17, 15) is 0 Å². The van der Waals surface area contributed by atoms with Gasteiger partial charge in [-0.3, -0.25) is 4.90 Å². The van der Waals surface area contributed by atoms with E-state index in [2.05, 4.69) is 11.8 Å². The lowest BCUT2D eigenvalue weighted by molar-refractivity contribution is 0.231. The van der Waals surface area contributed by atoms with E-state index >= 15 is 0 Å². The molecule has 1 heteroatoms. The zero-order valence-electron chi connectivity index (χ0n) is 8.00. The van der Waals surface area contributed by atoms with Gasteiger partial charge in [0.05, 0.1) is 0 Å². The van der Waals surface area contributed by atoms with E-state index in [0.717, 1.165) is 23.9 Å². The lowest BCUT2D eigenvalue weighted by Gasteiger charge is -2.22. The molecule has 68 valence electrons. The van der Waals surface area contributed by atoms with Crippen LogP contribution in [0, 0.1) is 11.8 Å². The average molecular weight is 165 g/mol. The maximum absolute atomic E-state index is 2.83. The van der Waals surface area contributed by atoms with Crippen LogP contribution in [-0.4, -0.2) is 23.5 Å². The molecular formula is C11H19N. The van der Waals surface area contributed by atoms with Crippen molar-refractivity contribution in [3.63, 3.8) is 0 Å². The monoisotopic (exact) mass is 165 g/mol. The summed E-state index contributed by atoms with van der Waals surface area (Å²) in [5.41, 5.74) is 0. The van der Waals surface area contributed by atoms with Crippen molar-refractivity contribution >= 4 is 0 Å². The predicted molar refractivity (Wildman–Crippen MR) is 50.0 cm³/mol. The summed E-state index contributed by atoms with van der Waals surface area (Å²) in [6.07, 6.45) is 7.54. The lowest BCUT2D eigenvalue weighted by atomic mass is 9.99. The van der Waals surface area contributed by atoms with Gasteiger partial charge in [-0.2, -0.15) is 0 Å². The molecule has 2 heterocycles. The molecule has 1 saturated carbocycles. The largest absolute Gasteiger partial charge is 0.297 e. The Morgan fingerprint density at radius 2 is 2.08 bits per heavy atom. The number of rotatable bonds is 0. The van der Waals surface area contributed by atoms with Crippen molar-refractivity contribution in [3.8, 4) is 0 Å². The first-order valence-electron chi connectivity index (χ1n) is 5.60. The third-order valence-corrected chi connectivity index (χ3v) is 4.32. The smallest absolute Gasteiger partial charge is 0.0130 e. The first kappa shape index (κ1) is 7.37. The summed E-state index contributed by atoms with van der Waals surface area (Å²) < 4.78 is 0. The van der Waals surface area contributed by atoms with Gasteiger partial charge in [0.2, 0.25) is 0 Å². The van der Waals surface area contributed by atoms with Gasteiger partial charge < -0.3 is 0 Å². The van der Waals surface area contributed by atoms with Crippen LogP contribution in [0.5, 0.6) is 0 Å². The Kier molecular flexibility index (Phi) is 1.52. The standard InChI is InChI=1S/C11H19N/c1-8-5-9-7-10-3-2-4-12(10)11(9)6-8/h8-11H,2-7H2,1H3/t8-,9-,10-,11-/m1/s1. The summed E-state index contributed by atoms with van der Waals surface area (Å²) in [4.78, 5) is 2.83. The third-order valence-electron chi connectivity index (χ3n) is 4.32. The van der Waals surface area contributed by atoms with Crippen molar-refractivity contribution in [1.82, 2.24) is 4.90 Å². The fraction of sp³-hybridized carbons (Fsp3) is 1.00. The molecule has 1 aliphatic carbocycles. The van der Waals surface area contributed by atoms with Crippen LogP contribution in [0.4, 0.5) is 0 Å². The van der Waals surface area contributed by atoms with Crippen LogP contribution in [0.15, 0.2) is 0 Å². The Bertz CT molecular complexity index is 189. The Balaban J connectivity index is 1.80. The maximum Gasteiger partial charge on any atom is 0.0130 e. The van der Waals surface area contributed by atoms with Crippen molar-refractivity contribution in [3.05, 3.63) is 0 Å². The summed E-state index contributed by atoms with van der Waals surface area (Å²) in [5.74, 6) is 2.10. The highest BCUT2D eigenvalue weighted by atomic mass is 15.2. The molecule has 0 amide bonds. The molecule has 0 N–H and O–H groups in total. The highest BCUT2D eigenvalue weighted by Gasteiger charge is 2.46. The van der Waals surface area contributed by atoms with E-state index in [-0.39, 0.29) is 0 Å². The summed E-state index contributed by atoms with van der Waals surface area (Å²) in [6.45, 7) is 3.85. The topological polar surface area (TPSA) is 3.24 Å². The van der Waals surface area contributed by atoms with Crippen LogP contribution >= 0.6 is 0 Å². The molecule has 0 bridgehead atoms. The summed E-state index contributed by atoms with van der Waals surface area (Å²) in [6, 6.07) is 2.01. The molecule has 0 radical (unpaired) electrons. The normalized spacial score (nSPS) is 52.8. The molecular weight excluding hydrogens is 146 g/mol. The van der Waals surface area contributed by atoms with E-state index < -0.39 is 0 Å². The second-order valence-corrected chi connectivity index (χ2v) is 5.17. The Morgan fingerprint density at radius 1 is 1.17 bits per heavy atom. The van der Waals surface area contributed by atoms with Crippen molar-refractivity contribution in [1.29, 1.82) is 0 Å². The molecule has 3 fully saturated rings. The van der Waals surface area contributed by atoms with E-state index in [1.807, 2.05) is 0 Å². The fourth-order valence-corrected chi connectivity index (χ4v) is 3.93. The van der Waals surface area contributed by atoms with E-state index in [4.69, 9.17) is 0 Å². The van der Waals surface area contributed by atoms with E-state index in [1.54, 1.807) is 0 Å². The van der Waals surface area contributed by atoms with Gasteiger partial charge in [0.25, 0.3) is 0 Å². The number of nitrogens with zero attached hydrogens (tertiary/aromatic N) is 1. The molecule has 0 aromatic heterocycles. The highest BCUT2D eigenvalue weighted by Crippen LogP contribution is 2.46. The van der Waals surface area contributed by atoms with Crippen LogP contribution in [0.2, 0.25) is 0 Å². The van der Waals surface area contributed by atoms with Crippen LogP contribution in [-0.2, 0) is 0 Å². The maximum atomic E-state index is 2.83. The van der Waals surface area contributed by atoms with Crippen LogP contribution in [0.25, 0.3) is 0 Å². The first-order valence-corrected chi connectivity index (χ1v) is 5.60. The molecule has 0 spiro atoms. The van der Waals surface area contributed by atoms with Gasteiger partial charge in [-0.15, -0.1) is 0 Å². The molecule has 2 aliphatic heterocycles. The second kappa shape index (κ2) is 2.47. The van der Waals surface area contributed by atoms with Crippen LogP contribution in [0.1, 0.15) is 39.0 Å². The molecule has 3 aliphatic rings. The third kappa shape index (κ3) is 0.891. The van der Waals surface area contributed by atoms with Gasteiger partial charge in [-0.25, -0.2) is 0 Å². The van der Waals surface area contributed by atoms with Gasteiger partial charge in [0, 0.05) is 12.1 Å². The van der Waals surface area contributed by atoms with Gasteiger partial charge >= 0.3 is 0 Å². The van der Waals surface area contributed by atoms with Crippen LogP contribution in [0.3, 0.4) is 0 Å². The summed E-state index contributed by atoms with van der Waals surface area (Å²) in [7, 11) is 0. The Hall–Kier alpha value is -0.0400. The molecule has 0 aromatic rings. The number of hydrogen-bond acceptors (Lipinski definition) is 1. The molecule has 0 unspecified atom stereocenters. The number of fused-ring (bicyclic) bond motifs is 3. The van der Waals surface area contributed by atoms with Crippen LogP contribution < -0.4 is 0 Å². The molecule has 4 atom stereocenters. The van der Waals surface area contributed by atoms with Crippen molar-refractivity contribution in [2.45, 2.75) is 51.1 Å². The fourth-order valence-electron chi connectivity index (χ4n) is 3.93. The van der Waals surface area contributed by atoms with Gasteiger partial charge in [-0.1, -0.05) is 6.92 Å². The minimum absolute atomic E-state index is 1.01. The SMILES string of the molecule is C[C@@H]1C[C@@H]2C[C@H]3CCCN3[C@@H]2C1.